The minimum atomic E-state index is 0.178. The predicted molar refractivity (Wildman–Crippen MR) is 83.8 cm³/mol. The van der Waals surface area contributed by atoms with Crippen LogP contribution in [0.2, 0.25) is 0 Å². The lowest BCUT2D eigenvalue weighted by Gasteiger charge is -2.33. The number of fused-ring (bicyclic) bond motifs is 1. The molecular weight excluding hydrogens is 232 g/mol. The van der Waals surface area contributed by atoms with Crippen LogP contribution in [0.15, 0.2) is 18.2 Å². The van der Waals surface area contributed by atoms with E-state index in [4.69, 9.17) is 0 Å². The Hall–Kier alpha value is -1.02. The van der Waals surface area contributed by atoms with Crippen molar-refractivity contribution in [2.75, 3.05) is 18.0 Å². The van der Waals surface area contributed by atoms with Crippen molar-refractivity contribution in [3.05, 3.63) is 29.3 Å². The molecule has 1 aromatic carbocycles. The highest BCUT2D eigenvalue weighted by atomic mass is 15.2. The number of hydrogen-bond acceptors (Lipinski definition) is 2. The summed E-state index contributed by atoms with van der Waals surface area (Å²) in [6.45, 7) is 12.4. The van der Waals surface area contributed by atoms with Crippen molar-refractivity contribution in [1.29, 1.82) is 0 Å². The molecule has 0 spiro atoms. The smallest absolute Gasteiger partial charge is 0.0442 e. The number of nitrogens with one attached hydrogen (secondary N) is 1. The Kier molecular flexibility index (Phi) is 4.51. The van der Waals surface area contributed by atoms with E-state index >= 15 is 0 Å². The molecule has 0 saturated heterocycles. The standard InChI is InChI=1S/C17H28N2/c1-5-6-7-11-19-13-17(3,4)18-12-15-10-8-9-14(2)16(15)19/h8-10,18H,5-7,11-13H2,1-4H3. The Labute approximate surface area is 118 Å². The van der Waals surface area contributed by atoms with Crippen molar-refractivity contribution in [1.82, 2.24) is 5.32 Å². The molecule has 2 nitrogen and oxygen atoms in total. The van der Waals surface area contributed by atoms with Crippen LogP contribution in [0.5, 0.6) is 0 Å². The van der Waals surface area contributed by atoms with E-state index in [0.717, 1.165) is 13.1 Å². The summed E-state index contributed by atoms with van der Waals surface area (Å²) in [5.74, 6) is 0. The zero-order valence-electron chi connectivity index (χ0n) is 12.9. The fourth-order valence-electron chi connectivity index (χ4n) is 3.01. The molecule has 2 heteroatoms. The van der Waals surface area contributed by atoms with Gasteiger partial charge < -0.3 is 10.2 Å². The van der Waals surface area contributed by atoms with Gasteiger partial charge in [0.05, 0.1) is 0 Å². The van der Waals surface area contributed by atoms with E-state index in [1.807, 2.05) is 0 Å². The summed E-state index contributed by atoms with van der Waals surface area (Å²) < 4.78 is 0. The van der Waals surface area contributed by atoms with Crippen LogP contribution in [0.3, 0.4) is 0 Å². The third kappa shape index (κ3) is 3.50. The van der Waals surface area contributed by atoms with Gasteiger partial charge in [-0.2, -0.15) is 0 Å². The third-order valence-corrected chi connectivity index (χ3v) is 4.01. The van der Waals surface area contributed by atoms with Gasteiger partial charge in [0.2, 0.25) is 0 Å². The molecule has 0 aliphatic carbocycles. The van der Waals surface area contributed by atoms with Crippen LogP contribution in [0.4, 0.5) is 5.69 Å². The molecule has 19 heavy (non-hydrogen) atoms. The molecular formula is C17H28N2. The summed E-state index contributed by atoms with van der Waals surface area (Å²) >= 11 is 0. The number of hydrogen-bond donors (Lipinski definition) is 1. The Bertz CT molecular complexity index is 423. The molecule has 1 heterocycles. The van der Waals surface area contributed by atoms with Gasteiger partial charge in [-0.1, -0.05) is 38.0 Å². The van der Waals surface area contributed by atoms with Crippen molar-refractivity contribution in [3.63, 3.8) is 0 Å². The van der Waals surface area contributed by atoms with Crippen molar-refractivity contribution >= 4 is 5.69 Å². The quantitative estimate of drug-likeness (QED) is 0.827. The van der Waals surface area contributed by atoms with E-state index in [-0.39, 0.29) is 5.54 Å². The van der Waals surface area contributed by atoms with Gasteiger partial charge >= 0.3 is 0 Å². The van der Waals surface area contributed by atoms with Gasteiger partial charge in [0.25, 0.3) is 0 Å². The number of rotatable bonds is 4. The van der Waals surface area contributed by atoms with Gasteiger partial charge in [0.15, 0.2) is 0 Å². The van der Waals surface area contributed by atoms with E-state index in [1.165, 1.54) is 42.6 Å². The predicted octanol–water partition coefficient (Wildman–Crippen LogP) is 3.87. The zero-order valence-corrected chi connectivity index (χ0v) is 12.9. The van der Waals surface area contributed by atoms with Crippen LogP contribution in [-0.2, 0) is 6.54 Å². The lowest BCUT2D eigenvalue weighted by molar-refractivity contribution is 0.394. The topological polar surface area (TPSA) is 15.3 Å². The molecule has 1 aliphatic rings. The van der Waals surface area contributed by atoms with Crippen LogP contribution in [0, 0.1) is 6.92 Å². The second-order valence-corrected chi connectivity index (χ2v) is 6.45. The Morgan fingerprint density at radius 3 is 2.79 bits per heavy atom. The van der Waals surface area contributed by atoms with Gasteiger partial charge in [-0.15, -0.1) is 0 Å². The number of aryl methyl sites for hydroxylation is 1. The van der Waals surface area contributed by atoms with E-state index in [1.54, 1.807) is 0 Å². The first-order valence-corrected chi connectivity index (χ1v) is 7.62. The molecule has 0 aromatic heterocycles. The molecule has 0 atom stereocenters. The second kappa shape index (κ2) is 5.96. The number of unbranched alkanes of at least 4 members (excludes halogenated alkanes) is 2. The lowest BCUT2D eigenvalue weighted by Crippen LogP contribution is -2.47. The fourth-order valence-corrected chi connectivity index (χ4v) is 3.01. The first kappa shape index (κ1) is 14.4. The molecule has 0 unspecified atom stereocenters. The summed E-state index contributed by atoms with van der Waals surface area (Å²) in [6, 6.07) is 6.69. The largest absolute Gasteiger partial charge is 0.369 e. The normalized spacial score (nSPS) is 18.0. The van der Waals surface area contributed by atoms with Crippen molar-refractivity contribution in [2.45, 2.75) is 59.0 Å². The highest BCUT2D eigenvalue weighted by Crippen LogP contribution is 2.30. The van der Waals surface area contributed by atoms with E-state index in [9.17, 15) is 0 Å². The molecule has 0 fully saturated rings. The Morgan fingerprint density at radius 2 is 2.05 bits per heavy atom. The average molecular weight is 260 g/mol. The minimum absolute atomic E-state index is 0.178. The first-order valence-electron chi connectivity index (χ1n) is 7.62. The van der Waals surface area contributed by atoms with Crippen molar-refractivity contribution < 1.29 is 0 Å². The van der Waals surface area contributed by atoms with Crippen molar-refractivity contribution in [3.8, 4) is 0 Å². The lowest BCUT2D eigenvalue weighted by atomic mass is 10.0. The highest BCUT2D eigenvalue weighted by Gasteiger charge is 2.27. The molecule has 1 aliphatic heterocycles. The number of para-hydroxylation sites is 1. The van der Waals surface area contributed by atoms with Gasteiger partial charge in [0.1, 0.15) is 0 Å². The molecule has 0 amide bonds. The molecule has 1 aromatic rings. The summed E-state index contributed by atoms with van der Waals surface area (Å²) in [6.07, 6.45) is 3.90. The minimum Gasteiger partial charge on any atom is -0.369 e. The number of benzene rings is 1. The molecule has 0 radical (unpaired) electrons. The second-order valence-electron chi connectivity index (χ2n) is 6.45. The number of anilines is 1. The Balaban J connectivity index is 2.27. The monoisotopic (exact) mass is 260 g/mol. The summed E-state index contributed by atoms with van der Waals surface area (Å²) in [7, 11) is 0. The Morgan fingerprint density at radius 1 is 1.26 bits per heavy atom. The third-order valence-electron chi connectivity index (χ3n) is 4.01. The molecule has 106 valence electrons. The maximum absolute atomic E-state index is 3.68. The maximum atomic E-state index is 3.68. The summed E-state index contributed by atoms with van der Waals surface area (Å²) in [5, 5.41) is 3.68. The van der Waals surface area contributed by atoms with Crippen LogP contribution in [0.25, 0.3) is 0 Å². The maximum Gasteiger partial charge on any atom is 0.0442 e. The van der Waals surface area contributed by atoms with Crippen LogP contribution >= 0.6 is 0 Å². The van der Waals surface area contributed by atoms with Gasteiger partial charge in [0, 0.05) is 30.9 Å². The van der Waals surface area contributed by atoms with Crippen LogP contribution in [0.1, 0.15) is 51.2 Å². The first-order chi connectivity index (χ1) is 9.03. The SMILES string of the molecule is CCCCCN1CC(C)(C)NCc2cccc(C)c21. The molecule has 0 saturated carbocycles. The fraction of sp³-hybridized carbons (Fsp3) is 0.647. The van der Waals surface area contributed by atoms with E-state index in [0.29, 0.717) is 0 Å². The molecule has 1 N–H and O–H groups in total. The van der Waals surface area contributed by atoms with Gasteiger partial charge in [-0.3, -0.25) is 0 Å². The average Bonchev–Trinajstić information content (AvgIpc) is 2.48. The number of nitrogens with zero attached hydrogens (tertiary/aromatic N) is 1. The van der Waals surface area contributed by atoms with Gasteiger partial charge in [-0.25, -0.2) is 0 Å². The molecule has 2 rings (SSSR count). The van der Waals surface area contributed by atoms with Crippen LogP contribution in [-0.4, -0.2) is 18.6 Å². The van der Waals surface area contributed by atoms with Gasteiger partial charge in [-0.05, 0) is 38.3 Å². The molecule has 0 bridgehead atoms. The summed E-state index contributed by atoms with van der Waals surface area (Å²) in [5.41, 5.74) is 4.50. The highest BCUT2D eigenvalue weighted by molar-refractivity contribution is 5.60. The van der Waals surface area contributed by atoms with Crippen LogP contribution < -0.4 is 10.2 Å². The zero-order chi connectivity index (χ0) is 13.9. The summed E-state index contributed by atoms with van der Waals surface area (Å²) in [4.78, 5) is 2.60. The van der Waals surface area contributed by atoms with E-state index < -0.39 is 0 Å². The van der Waals surface area contributed by atoms with Crippen molar-refractivity contribution in [2.24, 2.45) is 0 Å². The van der Waals surface area contributed by atoms with E-state index in [2.05, 4.69) is 56.1 Å².